The van der Waals surface area contributed by atoms with Crippen molar-refractivity contribution in [3.05, 3.63) is 40.2 Å². The molecule has 0 amide bonds. The molecule has 2 aromatic rings. The van der Waals surface area contributed by atoms with E-state index in [1.165, 1.54) is 11.8 Å². The van der Waals surface area contributed by atoms with Crippen LogP contribution in [0.1, 0.15) is 25.3 Å². The first-order chi connectivity index (χ1) is 8.41. The normalized spacial score (nSPS) is 13.2. The van der Waals surface area contributed by atoms with Crippen molar-refractivity contribution in [1.29, 1.82) is 0 Å². The highest BCUT2D eigenvalue weighted by Gasteiger charge is 2.11. The second-order valence-electron chi connectivity index (χ2n) is 4.82. The molecule has 2 rings (SSSR count). The number of fused-ring (bicyclic) bond motifs is 1. The molecule has 1 unspecified atom stereocenters. The van der Waals surface area contributed by atoms with E-state index in [0.29, 0.717) is 16.2 Å². The van der Waals surface area contributed by atoms with E-state index in [4.69, 9.17) is 0 Å². The highest BCUT2D eigenvalue weighted by molar-refractivity contribution is 7.84. The predicted octanol–water partition coefficient (Wildman–Crippen LogP) is 2.40. The van der Waals surface area contributed by atoms with Gasteiger partial charge in [0, 0.05) is 24.9 Å². The van der Waals surface area contributed by atoms with Gasteiger partial charge in [-0.3, -0.25) is 9.00 Å². The zero-order valence-electron chi connectivity index (χ0n) is 11.1. The molecular formula is C14H17NO2S. The van der Waals surface area contributed by atoms with Crippen molar-refractivity contribution in [2.75, 3.05) is 6.26 Å². The highest BCUT2D eigenvalue weighted by atomic mass is 32.2. The number of nitrogens with zero attached hydrogens (tertiary/aromatic N) is 1. The zero-order chi connectivity index (χ0) is 13.4. The monoisotopic (exact) mass is 263 g/mol. The molecule has 3 nitrogen and oxygen atoms in total. The van der Waals surface area contributed by atoms with Gasteiger partial charge in [-0.1, -0.05) is 19.9 Å². The molecule has 0 saturated carbocycles. The van der Waals surface area contributed by atoms with Crippen LogP contribution in [0.3, 0.4) is 0 Å². The van der Waals surface area contributed by atoms with Gasteiger partial charge in [0.05, 0.1) is 16.3 Å². The number of pyridine rings is 1. The van der Waals surface area contributed by atoms with E-state index in [0.717, 1.165) is 5.52 Å². The minimum atomic E-state index is -1.25. The standard InChI is InChI=1S/C14H17NO2S/c1-9(2)10-5-6-11-12(7-10)15(3)8-13(14(11)16)18(4)17/h5-9H,1-4H3. The average Bonchev–Trinajstić information content (AvgIpc) is 2.32. The molecular weight excluding hydrogens is 246 g/mol. The Hall–Kier alpha value is -1.42. The lowest BCUT2D eigenvalue weighted by atomic mass is 10.0. The molecule has 0 bridgehead atoms. The number of hydrogen-bond acceptors (Lipinski definition) is 2. The molecule has 1 heterocycles. The number of rotatable bonds is 2. The second kappa shape index (κ2) is 4.69. The zero-order valence-corrected chi connectivity index (χ0v) is 11.9. The van der Waals surface area contributed by atoms with Crippen molar-refractivity contribution in [2.45, 2.75) is 24.7 Å². The number of benzene rings is 1. The maximum atomic E-state index is 12.2. The lowest BCUT2D eigenvalue weighted by molar-refractivity contribution is 0.685. The minimum Gasteiger partial charge on any atom is -0.349 e. The molecule has 96 valence electrons. The Bertz CT molecular complexity index is 686. The second-order valence-corrected chi connectivity index (χ2v) is 6.17. The van der Waals surface area contributed by atoms with Crippen LogP contribution in [0.15, 0.2) is 34.1 Å². The van der Waals surface area contributed by atoms with Crippen molar-refractivity contribution in [1.82, 2.24) is 4.57 Å². The van der Waals surface area contributed by atoms with Crippen LogP contribution in [-0.2, 0) is 17.8 Å². The first-order valence-electron chi connectivity index (χ1n) is 5.88. The van der Waals surface area contributed by atoms with Gasteiger partial charge in [0.25, 0.3) is 0 Å². The topological polar surface area (TPSA) is 39.1 Å². The Morgan fingerprint density at radius 3 is 2.50 bits per heavy atom. The van der Waals surface area contributed by atoms with Crippen LogP contribution in [0.25, 0.3) is 10.9 Å². The van der Waals surface area contributed by atoms with Gasteiger partial charge in [-0.15, -0.1) is 0 Å². The molecule has 0 saturated heterocycles. The van der Waals surface area contributed by atoms with Gasteiger partial charge in [-0.05, 0) is 23.6 Å². The molecule has 0 fully saturated rings. The van der Waals surface area contributed by atoms with E-state index in [9.17, 15) is 9.00 Å². The van der Waals surface area contributed by atoms with E-state index < -0.39 is 10.8 Å². The van der Waals surface area contributed by atoms with Crippen LogP contribution in [0.5, 0.6) is 0 Å². The molecule has 0 N–H and O–H groups in total. The van der Waals surface area contributed by atoms with Crippen molar-refractivity contribution in [2.24, 2.45) is 7.05 Å². The summed E-state index contributed by atoms with van der Waals surface area (Å²) in [4.78, 5) is 12.6. The van der Waals surface area contributed by atoms with E-state index in [1.807, 2.05) is 29.8 Å². The summed E-state index contributed by atoms with van der Waals surface area (Å²) in [6, 6.07) is 5.84. The van der Waals surface area contributed by atoms with E-state index in [-0.39, 0.29) is 5.43 Å². The molecule has 0 radical (unpaired) electrons. The van der Waals surface area contributed by atoms with Crippen molar-refractivity contribution >= 4 is 21.7 Å². The number of aryl methyl sites for hydroxylation is 1. The minimum absolute atomic E-state index is 0.126. The molecule has 0 aliphatic heterocycles. The molecule has 18 heavy (non-hydrogen) atoms. The molecule has 4 heteroatoms. The van der Waals surface area contributed by atoms with Crippen LogP contribution in [0, 0.1) is 0 Å². The Kier molecular flexibility index (Phi) is 3.39. The van der Waals surface area contributed by atoms with E-state index >= 15 is 0 Å². The highest BCUT2D eigenvalue weighted by Crippen LogP contribution is 2.20. The lowest BCUT2D eigenvalue weighted by Gasteiger charge is -2.11. The van der Waals surface area contributed by atoms with Gasteiger partial charge in [-0.25, -0.2) is 0 Å². The van der Waals surface area contributed by atoms with Crippen LogP contribution < -0.4 is 5.43 Å². The summed E-state index contributed by atoms with van der Waals surface area (Å²) in [6.45, 7) is 4.24. The summed E-state index contributed by atoms with van der Waals surface area (Å²) >= 11 is 0. The summed E-state index contributed by atoms with van der Waals surface area (Å²) in [5.74, 6) is 0.421. The van der Waals surface area contributed by atoms with Gasteiger partial charge >= 0.3 is 0 Å². The third-order valence-corrected chi connectivity index (χ3v) is 4.07. The van der Waals surface area contributed by atoms with Crippen molar-refractivity contribution in [3.63, 3.8) is 0 Å². The summed E-state index contributed by atoms with van der Waals surface area (Å²) in [7, 11) is 0.623. The first kappa shape index (κ1) is 13.0. The van der Waals surface area contributed by atoms with Crippen LogP contribution in [0.2, 0.25) is 0 Å². The quantitative estimate of drug-likeness (QED) is 0.834. The molecule has 0 spiro atoms. The maximum Gasteiger partial charge on any atom is 0.205 e. The summed E-state index contributed by atoms with van der Waals surface area (Å²) in [6.07, 6.45) is 3.20. The van der Waals surface area contributed by atoms with Gasteiger partial charge in [-0.2, -0.15) is 0 Å². The number of aromatic nitrogens is 1. The fraction of sp³-hybridized carbons (Fsp3) is 0.357. The van der Waals surface area contributed by atoms with E-state index in [2.05, 4.69) is 13.8 Å². The fourth-order valence-corrected chi connectivity index (χ4v) is 2.71. The average molecular weight is 263 g/mol. The van der Waals surface area contributed by atoms with Gasteiger partial charge in [0.15, 0.2) is 0 Å². The van der Waals surface area contributed by atoms with Gasteiger partial charge in [0.1, 0.15) is 4.90 Å². The van der Waals surface area contributed by atoms with Gasteiger partial charge in [0.2, 0.25) is 5.43 Å². The molecule has 1 aromatic carbocycles. The molecule has 0 aliphatic rings. The predicted molar refractivity (Wildman–Crippen MR) is 75.6 cm³/mol. The van der Waals surface area contributed by atoms with Crippen molar-refractivity contribution < 1.29 is 4.21 Å². The molecule has 1 aromatic heterocycles. The Labute approximate surface area is 109 Å². The molecule has 0 aliphatic carbocycles. The SMILES string of the molecule is CC(C)c1ccc2c(=O)c(S(C)=O)cn(C)c2c1. The Morgan fingerprint density at radius 1 is 1.28 bits per heavy atom. The fourth-order valence-electron chi connectivity index (χ4n) is 2.03. The summed E-state index contributed by atoms with van der Waals surface area (Å²) in [5, 5.41) is 0.634. The number of hydrogen-bond donors (Lipinski definition) is 0. The van der Waals surface area contributed by atoms with Crippen LogP contribution >= 0.6 is 0 Å². The van der Waals surface area contributed by atoms with Gasteiger partial charge < -0.3 is 4.57 Å². The lowest BCUT2D eigenvalue weighted by Crippen LogP contribution is -2.14. The molecule has 1 atom stereocenters. The smallest absolute Gasteiger partial charge is 0.205 e. The largest absolute Gasteiger partial charge is 0.349 e. The third kappa shape index (κ3) is 2.12. The Balaban J connectivity index is 2.84. The van der Waals surface area contributed by atoms with Crippen LogP contribution in [-0.4, -0.2) is 15.0 Å². The van der Waals surface area contributed by atoms with Crippen LogP contribution in [0.4, 0.5) is 0 Å². The van der Waals surface area contributed by atoms with Crippen molar-refractivity contribution in [3.8, 4) is 0 Å². The first-order valence-corrected chi connectivity index (χ1v) is 7.44. The van der Waals surface area contributed by atoms with E-state index in [1.54, 1.807) is 6.20 Å². The summed E-state index contributed by atoms with van der Waals surface area (Å²) < 4.78 is 13.4. The third-order valence-electron chi connectivity index (χ3n) is 3.16. The summed E-state index contributed by atoms with van der Waals surface area (Å²) in [5.41, 5.74) is 1.96. The Morgan fingerprint density at radius 2 is 1.94 bits per heavy atom. The maximum absolute atomic E-state index is 12.2.